The number of ether oxygens (including phenoxy) is 2. The minimum absolute atomic E-state index is 0.0502. The molecule has 0 amide bonds. The van der Waals surface area contributed by atoms with E-state index in [1.807, 2.05) is 11.8 Å². The fourth-order valence-corrected chi connectivity index (χ4v) is 9.52. The second-order valence-electron chi connectivity index (χ2n) is 13.2. The van der Waals surface area contributed by atoms with Crippen molar-refractivity contribution in [2.75, 3.05) is 65.8 Å². The number of fused-ring (bicyclic) bond motifs is 1. The Kier molecular flexibility index (Phi) is 9.51. The van der Waals surface area contributed by atoms with Crippen LogP contribution >= 0.6 is 11.8 Å². The van der Waals surface area contributed by atoms with Crippen molar-refractivity contribution >= 4 is 17.5 Å². The highest BCUT2D eigenvalue weighted by molar-refractivity contribution is 8.01. The maximum Gasteiger partial charge on any atom is 0.152 e. The zero-order valence-electron chi connectivity index (χ0n) is 24.2. The highest BCUT2D eigenvalue weighted by Gasteiger charge is 2.50. The van der Waals surface area contributed by atoms with E-state index in [1.165, 1.54) is 37.1 Å². The van der Waals surface area contributed by atoms with E-state index in [4.69, 9.17) is 9.47 Å². The van der Waals surface area contributed by atoms with Gasteiger partial charge >= 0.3 is 0 Å². The molecule has 8 unspecified atom stereocenters. The molecule has 11 heteroatoms. The van der Waals surface area contributed by atoms with E-state index in [0.29, 0.717) is 48.2 Å². The second kappa shape index (κ2) is 12.9. The number of nitrogens with one attached hydrogen (secondary N) is 5. The lowest BCUT2D eigenvalue weighted by atomic mass is 9.75. The van der Waals surface area contributed by atoms with Crippen LogP contribution in [-0.2, 0) is 14.3 Å². The highest BCUT2D eigenvalue weighted by Crippen LogP contribution is 2.46. The molecule has 1 saturated carbocycles. The first-order valence-electron chi connectivity index (χ1n) is 15.6. The largest absolute Gasteiger partial charge is 0.379 e. The highest BCUT2D eigenvalue weighted by atomic mass is 32.2. The number of hydrogen-bond acceptors (Lipinski definition) is 10. The Labute approximate surface area is 239 Å². The summed E-state index contributed by atoms with van der Waals surface area (Å²) >= 11 is 1.86. The van der Waals surface area contributed by atoms with Gasteiger partial charge in [-0.2, -0.15) is 0 Å². The molecular formula is C28H52N7O3S+. The lowest BCUT2D eigenvalue weighted by molar-refractivity contribution is -0.861. The van der Waals surface area contributed by atoms with Gasteiger partial charge in [-0.05, 0) is 56.6 Å². The zero-order chi connectivity index (χ0) is 26.9. The molecule has 5 N–H and O–H groups in total. The van der Waals surface area contributed by atoms with E-state index in [-0.39, 0.29) is 23.9 Å². The van der Waals surface area contributed by atoms with Gasteiger partial charge in [-0.15, -0.1) is 11.8 Å². The average molecular weight is 567 g/mol. The first-order chi connectivity index (χ1) is 18.9. The summed E-state index contributed by atoms with van der Waals surface area (Å²) in [6, 6.07) is 1.06. The zero-order valence-corrected chi connectivity index (χ0v) is 25.0. The summed E-state index contributed by atoms with van der Waals surface area (Å²) < 4.78 is 12.2. The number of carbonyl (C=O) groups is 1. The normalized spacial score (nSPS) is 44.7. The molecule has 0 radical (unpaired) electrons. The lowest BCUT2D eigenvalue weighted by Crippen LogP contribution is -3.06. The van der Waals surface area contributed by atoms with Gasteiger partial charge in [0.25, 0.3) is 0 Å². The lowest BCUT2D eigenvalue weighted by Gasteiger charge is -2.43. The van der Waals surface area contributed by atoms with Gasteiger partial charge in [0, 0.05) is 50.6 Å². The first-order valence-corrected chi connectivity index (χ1v) is 16.7. The van der Waals surface area contributed by atoms with Gasteiger partial charge in [-0.25, -0.2) is 5.01 Å². The Bertz CT molecular complexity index is 825. The standard InChI is InChI=1S/C28H51N7O3S/c1-18-20(15-33(2)3)16-35(32-18)24-8-9-29-28(31-24)30-21-6-4-19(5-7-21)22-17-39-27-23(36)14-25(38-26(22)27)34-10-12-37-13-11-34/h18-22,24-32H,4-17H2,1-3H3/p+1. The van der Waals surface area contributed by atoms with Crippen molar-refractivity contribution in [1.29, 1.82) is 0 Å². The Morgan fingerprint density at radius 2 is 1.92 bits per heavy atom. The van der Waals surface area contributed by atoms with Crippen LogP contribution in [0.5, 0.6) is 0 Å². The van der Waals surface area contributed by atoms with Crippen LogP contribution < -0.4 is 26.3 Å². The van der Waals surface area contributed by atoms with Crippen LogP contribution in [0.3, 0.4) is 0 Å². The maximum atomic E-state index is 13.0. The number of thioether (sulfide) groups is 1. The third-order valence-corrected chi connectivity index (χ3v) is 11.6. The van der Waals surface area contributed by atoms with Crippen molar-refractivity contribution in [3.8, 4) is 0 Å². The van der Waals surface area contributed by atoms with E-state index < -0.39 is 0 Å². The number of carbonyl (C=O) groups excluding carboxylic acids is 1. The molecule has 222 valence electrons. The second-order valence-corrected chi connectivity index (χ2v) is 14.3. The van der Waals surface area contributed by atoms with Crippen molar-refractivity contribution in [1.82, 2.24) is 31.3 Å². The summed E-state index contributed by atoms with van der Waals surface area (Å²) in [6.07, 6.45) is 7.05. The van der Waals surface area contributed by atoms with Gasteiger partial charge in [0.1, 0.15) is 12.5 Å². The monoisotopic (exact) mass is 566 g/mol. The molecule has 0 aromatic heterocycles. The van der Waals surface area contributed by atoms with Crippen molar-refractivity contribution < 1.29 is 19.2 Å². The fourth-order valence-electron chi connectivity index (χ4n) is 7.90. The van der Waals surface area contributed by atoms with Gasteiger partial charge in [0.05, 0.1) is 51.4 Å². The number of Topliss-reactive ketones (excluding diaryl/α,β-unsaturated/α-hetero) is 1. The Balaban J connectivity index is 0.973. The van der Waals surface area contributed by atoms with Crippen LogP contribution in [0.15, 0.2) is 0 Å². The summed E-state index contributed by atoms with van der Waals surface area (Å²) in [7, 11) is 4.50. The number of rotatable bonds is 7. The van der Waals surface area contributed by atoms with Crippen LogP contribution in [0.1, 0.15) is 45.4 Å². The molecule has 39 heavy (non-hydrogen) atoms. The molecule has 6 rings (SSSR count). The first kappa shape index (κ1) is 28.8. The third kappa shape index (κ3) is 6.68. The summed E-state index contributed by atoms with van der Waals surface area (Å²) in [6.45, 7) is 8.90. The topological polar surface area (TPSA) is 94.6 Å². The third-order valence-electron chi connectivity index (χ3n) is 10.1. The van der Waals surface area contributed by atoms with E-state index >= 15 is 0 Å². The van der Waals surface area contributed by atoms with Crippen LogP contribution in [0.4, 0.5) is 0 Å². The van der Waals surface area contributed by atoms with Crippen LogP contribution in [0.2, 0.25) is 0 Å². The van der Waals surface area contributed by atoms with Gasteiger partial charge in [-0.3, -0.25) is 31.1 Å². The number of morpholine rings is 1. The predicted octanol–water partition coefficient (Wildman–Crippen LogP) is -0.955. The number of quaternary nitrogens is 1. The maximum absolute atomic E-state index is 13.0. The molecule has 8 atom stereocenters. The van der Waals surface area contributed by atoms with Crippen molar-refractivity contribution in [2.45, 2.75) is 87.6 Å². The molecule has 0 spiro atoms. The Hall–Kier alpha value is -0.340. The number of ketones is 1. The fraction of sp³-hybridized carbons (Fsp3) is 0.964. The van der Waals surface area contributed by atoms with Crippen molar-refractivity contribution in [2.24, 2.45) is 17.8 Å². The van der Waals surface area contributed by atoms with E-state index in [9.17, 15) is 4.79 Å². The molecule has 5 aliphatic heterocycles. The molecule has 6 aliphatic rings. The number of hydrogen-bond donors (Lipinski definition) is 5. The summed E-state index contributed by atoms with van der Waals surface area (Å²) in [4.78, 5) is 16.9. The molecular weight excluding hydrogens is 514 g/mol. The summed E-state index contributed by atoms with van der Waals surface area (Å²) in [5.74, 6) is 3.34. The minimum Gasteiger partial charge on any atom is -0.379 e. The molecule has 0 bridgehead atoms. The molecule has 0 aromatic rings. The van der Waals surface area contributed by atoms with Gasteiger partial charge in [0.15, 0.2) is 5.78 Å². The van der Waals surface area contributed by atoms with Crippen LogP contribution in [0.25, 0.3) is 0 Å². The molecule has 6 fully saturated rings. The summed E-state index contributed by atoms with van der Waals surface area (Å²) in [5, 5.41) is 13.9. The smallest absolute Gasteiger partial charge is 0.152 e. The van der Waals surface area contributed by atoms with Gasteiger partial charge in [-0.1, -0.05) is 0 Å². The average Bonchev–Trinajstić information content (AvgIpc) is 3.53. The van der Waals surface area contributed by atoms with E-state index in [0.717, 1.165) is 51.6 Å². The quantitative estimate of drug-likeness (QED) is 0.266. The Morgan fingerprint density at radius 3 is 2.69 bits per heavy atom. The molecule has 1 aliphatic carbocycles. The molecule has 10 nitrogen and oxygen atoms in total. The van der Waals surface area contributed by atoms with Gasteiger partial charge in [0.2, 0.25) is 0 Å². The summed E-state index contributed by atoms with van der Waals surface area (Å²) in [5.41, 5.74) is 3.74. The van der Waals surface area contributed by atoms with Crippen LogP contribution in [-0.4, -0.2) is 124 Å². The van der Waals surface area contributed by atoms with E-state index in [2.05, 4.69) is 52.3 Å². The van der Waals surface area contributed by atoms with Gasteiger partial charge < -0.3 is 14.4 Å². The van der Waals surface area contributed by atoms with Crippen LogP contribution in [0, 0.1) is 17.8 Å². The number of hydrazine groups is 1. The van der Waals surface area contributed by atoms with Crippen molar-refractivity contribution in [3.05, 3.63) is 0 Å². The molecule has 5 saturated heterocycles. The molecule has 5 heterocycles. The minimum atomic E-state index is -0.0502. The van der Waals surface area contributed by atoms with E-state index in [1.54, 1.807) is 0 Å². The predicted molar refractivity (Wildman–Crippen MR) is 153 cm³/mol. The molecule has 0 aromatic carbocycles. The van der Waals surface area contributed by atoms with Crippen molar-refractivity contribution in [3.63, 3.8) is 0 Å². The Morgan fingerprint density at radius 1 is 1.13 bits per heavy atom. The SMILES string of the molecule is CC1NN(C2CCNC(NC3CCC(C4CSC5C(=O)CC(N6CCOCC6)OC54)CC3)N2)CC1C[NH+](C)C. The number of nitrogens with zero attached hydrogens (tertiary/aromatic N) is 2.